The zero-order chi connectivity index (χ0) is 18.8. The summed E-state index contributed by atoms with van der Waals surface area (Å²) >= 11 is 5.87. The molecule has 0 spiro atoms. The number of hydrogen-bond acceptors (Lipinski definition) is 5. The predicted octanol–water partition coefficient (Wildman–Crippen LogP) is 5.17. The minimum Gasteiger partial charge on any atom is -0.463 e. The summed E-state index contributed by atoms with van der Waals surface area (Å²) in [4.78, 5) is 16.8. The molecule has 0 aliphatic carbocycles. The summed E-state index contributed by atoms with van der Waals surface area (Å²) in [6.07, 6.45) is 1.44. The Morgan fingerprint density at radius 2 is 1.89 bits per heavy atom. The normalized spacial score (nSPS) is 10.5. The predicted molar refractivity (Wildman–Crippen MR) is 102 cm³/mol. The number of rotatable bonds is 3. The first kappa shape index (κ1) is 16.8. The Kier molecular flexibility index (Phi) is 4.33. The van der Waals surface area contributed by atoms with Crippen LogP contribution >= 0.6 is 11.6 Å². The second-order valence-electron chi connectivity index (χ2n) is 5.70. The van der Waals surface area contributed by atoms with Crippen LogP contribution in [0.25, 0.3) is 22.1 Å². The molecule has 2 aromatic heterocycles. The highest BCUT2D eigenvalue weighted by Gasteiger charge is 2.11. The molecule has 0 aliphatic heterocycles. The minimum atomic E-state index is -0.120. The number of ether oxygens (including phenoxy) is 1. The Morgan fingerprint density at radius 3 is 2.67 bits per heavy atom. The molecule has 130 valence electrons. The smallest absolute Gasteiger partial charge is 0.220 e. The molecule has 5 nitrogen and oxygen atoms in total. The molecule has 0 saturated carbocycles. The van der Waals surface area contributed by atoms with Crippen molar-refractivity contribution in [2.45, 2.75) is 0 Å². The molecule has 0 fully saturated rings. The third-order valence-electron chi connectivity index (χ3n) is 3.98. The van der Waals surface area contributed by atoms with Gasteiger partial charge in [0.1, 0.15) is 23.7 Å². The van der Waals surface area contributed by atoms with Gasteiger partial charge >= 0.3 is 0 Å². The molecule has 0 atom stereocenters. The first-order valence-corrected chi connectivity index (χ1v) is 8.39. The average molecular weight is 375 g/mol. The summed E-state index contributed by atoms with van der Waals surface area (Å²) in [5.74, 6) is 0.648. The van der Waals surface area contributed by atoms with E-state index in [-0.39, 0.29) is 22.0 Å². The molecule has 0 aliphatic rings. The van der Waals surface area contributed by atoms with Crippen LogP contribution in [0.3, 0.4) is 0 Å². The summed E-state index contributed by atoms with van der Waals surface area (Å²) in [6, 6.07) is 19.2. The van der Waals surface area contributed by atoms with Crippen molar-refractivity contribution >= 4 is 22.6 Å². The molecule has 0 bridgehead atoms. The zero-order valence-electron chi connectivity index (χ0n) is 13.8. The van der Waals surface area contributed by atoms with Gasteiger partial charge in [0.25, 0.3) is 0 Å². The number of aromatic nitrogens is 1. The third kappa shape index (κ3) is 3.26. The number of benzene rings is 2. The summed E-state index contributed by atoms with van der Waals surface area (Å²) in [5.41, 5.74) is 1.64. The van der Waals surface area contributed by atoms with Crippen LogP contribution in [0.2, 0.25) is 5.02 Å². The SMILES string of the molecule is N#Cc1nc(Oc2ccc3c(=O)c(-c4ccccc4)coc3c2)ccc1Cl. The molecule has 0 unspecified atom stereocenters. The number of nitrogens with zero attached hydrogens (tertiary/aromatic N) is 2. The lowest BCUT2D eigenvalue weighted by Crippen LogP contribution is -2.04. The number of halogens is 1. The number of nitriles is 1. The zero-order valence-corrected chi connectivity index (χ0v) is 14.6. The molecule has 4 rings (SSSR count). The first-order valence-electron chi connectivity index (χ1n) is 8.01. The molecule has 0 saturated heterocycles. The molecule has 0 amide bonds. The van der Waals surface area contributed by atoms with E-state index in [1.165, 1.54) is 12.3 Å². The highest BCUT2D eigenvalue weighted by atomic mass is 35.5. The fourth-order valence-electron chi connectivity index (χ4n) is 2.67. The first-order chi connectivity index (χ1) is 13.2. The maximum atomic E-state index is 12.8. The lowest BCUT2D eigenvalue weighted by Gasteiger charge is -2.07. The van der Waals surface area contributed by atoms with Crippen LogP contribution in [0, 0.1) is 11.3 Å². The van der Waals surface area contributed by atoms with Crippen LogP contribution in [0.4, 0.5) is 0 Å². The van der Waals surface area contributed by atoms with Crippen molar-refractivity contribution in [3.8, 4) is 28.8 Å². The van der Waals surface area contributed by atoms with Crippen molar-refractivity contribution in [1.82, 2.24) is 4.98 Å². The van der Waals surface area contributed by atoms with Crippen molar-refractivity contribution in [1.29, 1.82) is 5.26 Å². The van der Waals surface area contributed by atoms with Gasteiger partial charge in [-0.1, -0.05) is 41.9 Å². The third-order valence-corrected chi connectivity index (χ3v) is 4.28. The van der Waals surface area contributed by atoms with E-state index in [9.17, 15) is 4.79 Å². The molecule has 27 heavy (non-hydrogen) atoms. The molecule has 6 heteroatoms. The number of fused-ring (bicyclic) bond motifs is 1. The Labute approximate surface area is 159 Å². The van der Waals surface area contributed by atoms with Crippen molar-refractivity contribution < 1.29 is 9.15 Å². The van der Waals surface area contributed by atoms with E-state index in [1.807, 2.05) is 36.4 Å². The molecular formula is C21H11ClN2O3. The second kappa shape index (κ2) is 6.94. The minimum absolute atomic E-state index is 0.0778. The van der Waals surface area contributed by atoms with E-state index in [0.717, 1.165) is 5.56 Å². The Hall–Kier alpha value is -3.62. The lowest BCUT2D eigenvalue weighted by molar-refractivity contribution is 0.461. The van der Waals surface area contributed by atoms with E-state index in [1.54, 1.807) is 24.3 Å². The summed E-state index contributed by atoms with van der Waals surface area (Å²) in [6.45, 7) is 0. The van der Waals surface area contributed by atoms with Crippen molar-refractivity contribution in [2.24, 2.45) is 0 Å². The van der Waals surface area contributed by atoms with E-state index < -0.39 is 0 Å². The molecule has 4 aromatic rings. The maximum Gasteiger partial charge on any atom is 0.220 e. The summed E-state index contributed by atoms with van der Waals surface area (Å²) in [7, 11) is 0. The van der Waals surface area contributed by atoms with Crippen molar-refractivity contribution in [3.05, 3.63) is 87.9 Å². The van der Waals surface area contributed by atoms with Crippen LogP contribution in [0.1, 0.15) is 5.69 Å². The summed E-state index contributed by atoms with van der Waals surface area (Å²) < 4.78 is 11.3. The summed E-state index contributed by atoms with van der Waals surface area (Å²) in [5, 5.41) is 9.70. The van der Waals surface area contributed by atoms with E-state index >= 15 is 0 Å². The van der Waals surface area contributed by atoms with Gasteiger partial charge in [0, 0.05) is 12.1 Å². The average Bonchev–Trinajstić information content (AvgIpc) is 2.70. The topological polar surface area (TPSA) is 76.1 Å². The van der Waals surface area contributed by atoms with E-state index in [2.05, 4.69) is 4.98 Å². The lowest BCUT2D eigenvalue weighted by atomic mass is 10.1. The van der Waals surface area contributed by atoms with Gasteiger partial charge in [-0.15, -0.1) is 0 Å². The molecule has 2 aromatic carbocycles. The number of hydrogen-bond donors (Lipinski definition) is 0. The van der Waals surface area contributed by atoms with Gasteiger partial charge in [0.15, 0.2) is 11.1 Å². The maximum absolute atomic E-state index is 12.8. The van der Waals surface area contributed by atoms with Gasteiger partial charge in [-0.25, -0.2) is 4.98 Å². The quantitative estimate of drug-likeness (QED) is 0.494. The largest absolute Gasteiger partial charge is 0.463 e. The molecular weight excluding hydrogens is 364 g/mol. The number of pyridine rings is 1. The molecule has 2 heterocycles. The van der Waals surface area contributed by atoms with Gasteiger partial charge in [-0.05, 0) is 23.8 Å². The fourth-order valence-corrected chi connectivity index (χ4v) is 2.82. The Bertz CT molecular complexity index is 1240. The van der Waals surface area contributed by atoms with Crippen LogP contribution in [0.5, 0.6) is 11.6 Å². The van der Waals surface area contributed by atoms with Crippen molar-refractivity contribution in [2.75, 3.05) is 0 Å². The van der Waals surface area contributed by atoms with Gasteiger partial charge in [0.05, 0.1) is 16.0 Å². The van der Waals surface area contributed by atoms with Gasteiger partial charge in [-0.3, -0.25) is 4.79 Å². The monoisotopic (exact) mass is 374 g/mol. The fraction of sp³-hybridized carbons (Fsp3) is 0. The van der Waals surface area contributed by atoms with Crippen LogP contribution in [0.15, 0.2) is 76.1 Å². The Balaban J connectivity index is 1.72. The highest BCUT2D eigenvalue weighted by Crippen LogP contribution is 2.27. The van der Waals surface area contributed by atoms with Crippen molar-refractivity contribution in [3.63, 3.8) is 0 Å². The van der Waals surface area contributed by atoms with Crippen LogP contribution in [-0.4, -0.2) is 4.98 Å². The van der Waals surface area contributed by atoms with E-state index in [0.29, 0.717) is 22.3 Å². The molecule has 0 N–H and O–H groups in total. The van der Waals surface area contributed by atoms with Crippen LogP contribution in [-0.2, 0) is 0 Å². The van der Waals surface area contributed by atoms with Gasteiger partial charge in [-0.2, -0.15) is 5.26 Å². The standard InChI is InChI=1S/C21H11ClN2O3/c22-17-8-9-20(24-18(17)11-23)27-14-6-7-15-19(10-14)26-12-16(21(15)25)13-4-2-1-3-5-13/h1-10,12H. The van der Waals surface area contributed by atoms with Gasteiger partial charge < -0.3 is 9.15 Å². The van der Waals surface area contributed by atoms with E-state index in [4.69, 9.17) is 26.0 Å². The molecule has 0 radical (unpaired) electrons. The van der Waals surface area contributed by atoms with Gasteiger partial charge in [0.2, 0.25) is 5.88 Å². The van der Waals surface area contributed by atoms with Crippen LogP contribution < -0.4 is 10.2 Å². The Morgan fingerprint density at radius 1 is 1.07 bits per heavy atom. The second-order valence-corrected chi connectivity index (χ2v) is 6.10. The highest BCUT2D eigenvalue weighted by molar-refractivity contribution is 6.31.